The molecule has 0 aliphatic carbocycles. The maximum Gasteiger partial charge on any atom is 0.492 e. The van der Waals surface area contributed by atoms with E-state index in [4.69, 9.17) is 20.2 Å². The van der Waals surface area contributed by atoms with Gasteiger partial charge in [0.1, 0.15) is 0 Å². The van der Waals surface area contributed by atoms with Gasteiger partial charge in [-0.1, -0.05) is 38.5 Å². The molecule has 7 N–H and O–H groups in total. The third kappa shape index (κ3) is 15.3. The van der Waals surface area contributed by atoms with Crippen molar-refractivity contribution in [3.05, 3.63) is 0 Å². The van der Waals surface area contributed by atoms with Crippen LogP contribution < -0.4 is 16.6 Å². The van der Waals surface area contributed by atoms with Crippen molar-refractivity contribution < 1.29 is 19.2 Å². The second-order valence-corrected chi connectivity index (χ2v) is 6.80. The first-order valence-electron chi connectivity index (χ1n) is 6.87. The van der Waals surface area contributed by atoms with E-state index in [1.807, 2.05) is 5.43 Å². The molecule has 0 unspecified atom stereocenters. The fraction of sp³-hybridized carbons (Fsp3) is 0.909. The second kappa shape index (κ2) is 11.2. The van der Waals surface area contributed by atoms with Gasteiger partial charge in [-0.15, -0.1) is 0 Å². The second-order valence-electron chi connectivity index (χ2n) is 4.75. The lowest BCUT2D eigenvalue weighted by atomic mass is 10.1. The van der Waals surface area contributed by atoms with E-state index < -0.39 is 8.80 Å². The third-order valence-electron chi connectivity index (χ3n) is 2.86. The summed E-state index contributed by atoms with van der Waals surface area (Å²) in [6, 6.07) is -0.210. The summed E-state index contributed by atoms with van der Waals surface area (Å²) in [5, 5.41) is 2.62. The lowest BCUT2D eigenvalue weighted by Gasteiger charge is -2.08. The van der Waals surface area contributed by atoms with Crippen LogP contribution >= 0.6 is 0 Å². The summed E-state index contributed by atoms with van der Waals surface area (Å²) in [5.41, 5.74) is 2.01. The van der Waals surface area contributed by atoms with Crippen LogP contribution in [0.2, 0.25) is 6.04 Å². The third-order valence-corrected chi connectivity index (χ3v) is 3.88. The monoisotopic (exact) mass is 293 g/mol. The van der Waals surface area contributed by atoms with Crippen molar-refractivity contribution in [3.8, 4) is 0 Å². The van der Waals surface area contributed by atoms with Crippen molar-refractivity contribution in [2.45, 2.75) is 57.4 Å². The number of unbranched alkanes of at least 4 members (excludes halogenated alkanes) is 7. The molecule has 0 saturated carbocycles. The molecule has 0 saturated heterocycles. The van der Waals surface area contributed by atoms with Gasteiger partial charge in [0.05, 0.1) is 0 Å². The number of nitrogens with one attached hydrogen (secondary N) is 2. The molecular formula is C11H27N3O4Si. The Morgan fingerprint density at radius 3 is 1.84 bits per heavy atom. The van der Waals surface area contributed by atoms with Crippen molar-refractivity contribution >= 4 is 14.8 Å². The normalized spacial score (nSPS) is 11.4. The number of carbonyl (C=O) groups excluding carboxylic acids is 1. The van der Waals surface area contributed by atoms with E-state index in [9.17, 15) is 4.79 Å². The van der Waals surface area contributed by atoms with Gasteiger partial charge in [0.15, 0.2) is 0 Å². The van der Waals surface area contributed by atoms with E-state index in [0.29, 0.717) is 13.0 Å². The molecule has 0 aliphatic heterocycles. The van der Waals surface area contributed by atoms with Gasteiger partial charge in [0, 0.05) is 12.6 Å². The Labute approximate surface area is 115 Å². The van der Waals surface area contributed by atoms with Crippen LogP contribution in [0.15, 0.2) is 0 Å². The van der Waals surface area contributed by atoms with Crippen molar-refractivity contribution in [1.29, 1.82) is 0 Å². The number of hydrogen-bond donors (Lipinski definition) is 6. The summed E-state index contributed by atoms with van der Waals surface area (Å²) in [7, 11) is -3.81. The first-order valence-corrected chi connectivity index (χ1v) is 8.92. The summed E-state index contributed by atoms with van der Waals surface area (Å²) in [5.74, 6) is 4.91. The van der Waals surface area contributed by atoms with E-state index in [0.717, 1.165) is 44.9 Å². The molecule has 0 heterocycles. The smallest absolute Gasteiger partial charge is 0.390 e. The molecule has 19 heavy (non-hydrogen) atoms. The van der Waals surface area contributed by atoms with Crippen molar-refractivity contribution in [2.24, 2.45) is 5.84 Å². The molecule has 0 rings (SSSR count). The van der Waals surface area contributed by atoms with E-state index >= 15 is 0 Å². The standard InChI is InChI=1S/C11H27N3O4Si/c12-14-11(15)13-9-7-5-3-1-2-4-6-8-10-19(16,17)18/h16-18H,1-10,12H2,(H2,13,14,15). The molecule has 0 aliphatic rings. The zero-order valence-electron chi connectivity index (χ0n) is 11.4. The first kappa shape index (κ1) is 18.3. The van der Waals surface area contributed by atoms with Gasteiger partial charge >= 0.3 is 14.8 Å². The maximum absolute atomic E-state index is 10.7. The highest BCUT2D eigenvalue weighted by Gasteiger charge is 2.25. The fourth-order valence-electron chi connectivity index (χ4n) is 1.80. The van der Waals surface area contributed by atoms with Gasteiger partial charge in [-0.25, -0.2) is 10.6 Å². The average Bonchev–Trinajstić information content (AvgIpc) is 2.34. The van der Waals surface area contributed by atoms with Crippen LogP contribution in [0.3, 0.4) is 0 Å². The van der Waals surface area contributed by atoms with Crippen LogP contribution in [0.25, 0.3) is 0 Å². The molecule has 0 aromatic rings. The predicted molar refractivity (Wildman–Crippen MR) is 74.9 cm³/mol. The molecule has 0 aromatic heterocycles. The predicted octanol–water partition coefficient (Wildman–Crippen LogP) is 0.196. The van der Waals surface area contributed by atoms with E-state index in [1.54, 1.807) is 0 Å². The largest absolute Gasteiger partial charge is 0.492 e. The zero-order valence-corrected chi connectivity index (χ0v) is 12.4. The van der Waals surface area contributed by atoms with Crippen molar-refractivity contribution in [1.82, 2.24) is 10.7 Å². The first-order chi connectivity index (χ1) is 8.95. The molecule has 0 spiro atoms. The quantitative estimate of drug-likeness (QED) is 0.107. The van der Waals surface area contributed by atoms with Crippen molar-refractivity contribution in [2.75, 3.05) is 6.54 Å². The molecular weight excluding hydrogens is 266 g/mol. The molecule has 7 nitrogen and oxygen atoms in total. The minimum Gasteiger partial charge on any atom is -0.390 e. The minimum absolute atomic E-state index is 0.141. The number of amides is 2. The molecule has 0 fully saturated rings. The van der Waals surface area contributed by atoms with Gasteiger partial charge in [-0.2, -0.15) is 0 Å². The summed E-state index contributed by atoms with van der Waals surface area (Å²) >= 11 is 0. The van der Waals surface area contributed by atoms with Crippen LogP contribution in [0.1, 0.15) is 51.4 Å². The van der Waals surface area contributed by atoms with Crippen LogP contribution in [-0.4, -0.2) is 35.8 Å². The molecule has 0 aromatic carbocycles. The Bertz CT molecular complexity index is 236. The highest BCUT2D eigenvalue weighted by Crippen LogP contribution is 2.11. The Balaban J connectivity index is 3.09. The number of urea groups is 1. The Kier molecular flexibility index (Phi) is 10.8. The lowest BCUT2D eigenvalue weighted by molar-refractivity contribution is 0.226. The lowest BCUT2D eigenvalue weighted by Crippen LogP contribution is -2.40. The van der Waals surface area contributed by atoms with E-state index in [1.165, 1.54) is 0 Å². The summed E-state index contributed by atoms with van der Waals surface area (Å²) in [4.78, 5) is 37.1. The fourth-order valence-corrected chi connectivity index (χ4v) is 2.53. The Morgan fingerprint density at radius 2 is 1.37 bits per heavy atom. The van der Waals surface area contributed by atoms with Crippen molar-refractivity contribution in [3.63, 3.8) is 0 Å². The SMILES string of the molecule is NNC(=O)NCCCCCCCCCC[Si](O)(O)O. The number of hydrogen-bond acceptors (Lipinski definition) is 5. The maximum atomic E-state index is 10.7. The molecule has 114 valence electrons. The summed E-state index contributed by atoms with van der Waals surface area (Å²) in [6.45, 7) is 0.638. The molecule has 0 bridgehead atoms. The van der Waals surface area contributed by atoms with Gasteiger partial charge < -0.3 is 19.7 Å². The Morgan fingerprint density at radius 1 is 0.895 bits per heavy atom. The topological polar surface area (TPSA) is 128 Å². The van der Waals surface area contributed by atoms with Crippen LogP contribution in [0.4, 0.5) is 4.79 Å². The number of carbonyl (C=O) groups is 1. The van der Waals surface area contributed by atoms with E-state index in [-0.39, 0.29) is 12.1 Å². The molecule has 0 radical (unpaired) electrons. The van der Waals surface area contributed by atoms with Gasteiger partial charge in [-0.05, 0) is 12.8 Å². The number of hydrazine groups is 1. The Hall–Kier alpha value is -0.673. The van der Waals surface area contributed by atoms with Gasteiger partial charge in [-0.3, -0.25) is 5.43 Å². The molecule has 0 atom stereocenters. The van der Waals surface area contributed by atoms with Gasteiger partial charge in [0.2, 0.25) is 0 Å². The number of nitrogens with two attached hydrogens (primary N) is 1. The molecule has 2 amide bonds. The van der Waals surface area contributed by atoms with E-state index in [2.05, 4.69) is 5.32 Å². The van der Waals surface area contributed by atoms with Gasteiger partial charge in [0.25, 0.3) is 0 Å². The van der Waals surface area contributed by atoms with Crippen LogP contribution in [-0.2, 0) is 0 Å². The molecule has 8 heteroatoms. The number of rotatable bonds is 11. The summed E-state index contributed by atoms with van der Waals surface area (Å²) in [6.07, 6.45) is 8.06. The summed E-state index contributed by atoms with van der Waals surface area (Å²) < 4.78 is 0. The average molecular weight is 293 g/mol. The highest BCUT2D eigenvalue weighted by molar-refractivity contribution is 6.56. The minimum atomic E-state index is -3.81. The zero-order chi connectivity index (χ0) is 14.6. The highest BCUT2D eigenvalue weighted by atomic mass is 28.4. The van der Waals surface area contributed by atoms with Crippen LogP contribution in [0.5, 0.6) is 0 Å². The van der Waals surface area contributed by atoms with Crippen LogP contribution in [0, 0.1) is 0 Å².